The van der Waals surface area contributed by atoms with Crippen LogP contribution in [0.3, 0.4) is 0 Å². The maximum Gasteiger partial charge on any atom is 0.0927 e. The molecule has 13 heavy (non-hydrogen) atoms. The van der Waals surface area contributed by atoms with E-state index in [9.17, 15) is 0 Å². The molecule has 0 bridgehead atoms. The van der Waals surface area contributed by atoms with E-state index < -0.39 is 0 Å². The van der Waals surface area contributed by atoms with Crippen molar-refractivity contribution >= 4 is 28.9 Å². The van der Waals surface area contributed by atoms with Gasteiger partial charge in [0, 0.05) is 28.0 Å². The van der Waals surface area contributed by atoms with Crippen LogP contribution in [0.25, 0.3) is 0 Å². The Bertz CT molecular complexity index is 346. The van der Waals surface area contributed by atoms with E-state index in [0.29, 0.717) is 10.0 Å². The van der Waals surface area contributed by atoms with Crippen LogP contribution in [0.15, 0.2) is 30.5 Å². The maximum atomic E-state index is 8.22. The van der Waals surface area contributed by atoms with Crippen LogP contribution in [-0.2, 0) is 0 Å². The van der Waals surface area contributed by atoms with Gasteiger partial charge in [-0.15, -0.1) is 0 Å². The highest BCUT2D eigenvalue weighted by Gasteiger charge is 1.94. The summed E-state index contributed by atoms with van der Waals surface area (Å²) in [4.78, 5) is 0. The minimum absolute atomic E-state index is 0.556. The summed E-state index contributed by atoms with van der Waals surface area (Å²) in [6.45, 7) is 0. The van der Waals surface area contributed by atoms with Gasteiger partial charge in [-0.05, 0) is 18.2 Å². The van der Waals surface area contributed by atoms with E-state index >= 15 is 0 Å². The number of rotatable bonds is 2. The number of hydrogen-bond donors (Lipinski definition) is 1. The van der Waals surface area contributed by atoms with Crippen molar-refractivity contribution in [2.45, 2.75) is 0 Å². The smallest absolute Gasteiger partial charge is 0.0927 e. The molecule has 0 saturated carbocycles. The molecule has 1 aromatic rings. The van der Waals surface area contributed by atoms with Gasteiger partial charge in [-0.25, -0.2) is 0 Å². The van der Waals surface area contributed by atoms with Crippen molar-refractivity contribution in [2.75, 3.05) is 5.32 Å². The monoisotopic (exact) mass is 212 g/mol. The molecular formula is C9H6Cl2N2. The van der Waals surface area contributed by atoms with Gasteiger partial charge in [0.2, 0.25) is 0 Å². The molecule has 66 valence electrons. The molecule has 4 heteroatoms. The third kappa shape index (κ3) is 3.37. The first kappa shape index (κ1) is 9.91. The highest BCUT2D eigenvalue weighted by molar-refractivity contribution is 6.35. The van der Waals surface area contributed by atoms with Gasteiger partial charge < -0.3 is 5.32 Å². The van der Waals surface area contributed by atoms with E-state index in [0.717, 1.165) is 5.69 Å². The summed E-state index contributed by atoms with van der Waals surface area (Å²) in [5.41, 5.74) is 0.754. The number of allylic oxidation sites excluding steroid dienone is 1. The van der Waals surface area contributed by atoms with Gasteiger partial charge in [-0.2, -0.15) is 5.26 Å². The summed E-state index contributed by atoms with van der Waals surface area (Å²) in [7, 11) is 0. The Kier molecular flexibility index (Phi) is 3.63. The molecule has 0 atom stereocenters. The zero-order chi connectivity index (χ0) is 9.68. The van der Waals surface area contributed by atoms with Gasteiger partial charge in [0.1, 0.15) is 0 Å². The SMILES string of the molecule is N#CC=CNc1cc(Cl)cc(Cl)c1. The second-order valence-corrected chi connectivity index (χ2v) is 3.14. The Morgan fingerprint density at radius 2 is 1.85 bits per heavy atom. The van der Waals surface area contributed by atoms with Crippen molar-refractivity contribution in [3.05, 3.63) is 40.5 Å². The number of nitriles is 1. The Balaban J connectivity index is 2.78. The average molecular weight is 213 g/mol. The van der Waals surface area contributed by atoms with E-state index in [1.54, 1.807) is 18.2 Å². The lowest BCUT2D eigenvalue weighted by Crippen LogP contribution is -1.86. The molecule has 0 radical (unpaired) electrons. The van der Waals surface area contributed by atoms with Gasteiger partial charge in [0.25, 0.3) is 0 Å². The molecule has 0 aliphatic carbocycles. The fourth-order valence-corrected chi connectivity index (χ4v) is 1.34. The van der Waals surface area contributed by atoms with Crippen molar-refractivity contribution in [3.63, 3.8) is 0 Å². The Labute approximate surface area is 86.4 Å². The number of hydrogen-bond acceptors (Lipinski definition) is 2. The molecule has 2 nitrogen and oxygen atoms in total. The summed E-state index contributed by atoms with van der Waals surface area (Å²) >= 11 is 11.5. The molecular weight excluding hydrogens is 207 g/mol. The lowest BCUT2D eigenvalue weighted by atomic mass is 10.3. The average Bonchev–Trinajstić information content (AvgIpc) is 2.03. The van der Waals surface area contributed by atoms with Gasteiger partial charge >= 0.3 is 0 Å². The molecule has 1 N–H and O–H groups in total. The zero-order valence-electron chi connectivity index (χ0n) is 6.59. The van der Waals surface area contributed by atoms with E-state index in [1.165, 1.54) is 12.3 Å². The minimum Gasteiger partial charge on any atom is -0.361 e. The maximum absolute atomic E-state index is 8.22. The summed E-state index contributed by atoms with van der Waals surface area (Å²) in [5, 5.41) is 12.2. The quantitative estimate of drug-likeness (QED) is 0.763. The van der Waals surface area contributed by atoms with E-state index in [4.69, 9.17) is 28.5 Å². The third-order valence-corrected chi connectivity index (χ3v) is 1.71. The highest BCUT2D eigenvalue weighted by Crippen LogP contribution is 2.22. The number of benzene rings is 1. The highest BCUT2D eigenvalue weighted by atomic mass is 35.5. The second-order valence-electron chi connectivity index (χ2n) is 2.26. The first-order chi connectivity index (χ1) is 6.22. The predicted octanol–water partition coefficient (Wildman–Crippen LogP) is 3.44. The molecule has 1 aromatic carbocycles. The van der Waals surface area contributed by atoms with Crippen LogP contribution < -0.4 is 5.32 Å². The van der Waals surface area contributed by atoms with Crippen molar-refractivity contribution in [3.8, 4) is 6.07 Å². The molecule has 0 aromatic heterocycles. The van der Waals surface area contributed by atoms with Gasteiger partial charge in [-0.3, -0.25) is 0 Å². The number of nitrogens with one attached hydrogen (secondary N) is 1. The normalized spacial score (nSPS) is 9.92. The Hall–Kier alpha value is -1.17. The fourth-order valence-electron chi connectivity index (χ4n) is 0.812. The topological polar surface area (TPSA) is 35.8 Å². The molecule has 0 spiro atoms. The third-order valence-electron chi connectivity index (χ3n) is 1.27. The minimum atomic E-state index is 0.556. The predicted molar refractivity (Wildman–Crippen MR) is 54.8 cm³/mol. The second kappa shape index (κ2) is 4.76. The summed E-state index contributed by atoms with van der Waals surface area (Å²) in [6.07, 6.45) is 2.84. The molecule has 0 aliphatic rings. The molecule has 0 saturated heterocycles. The van der Waals surface area contributed by atoms with Crippen LogP contribution in [0.4, 0.5) is 5.69 Å². The Morgan fingerprint density at radius 3 is 2.38 bits per heavy atom. The molecule has 0 amide bonds. The van der Waals surface area contributed by atoms with Crippen LogP contribution in [0.1, 0.15) is 0 Å². The van der Waals surface area contributed by atoms with Gasteiger partial charge in [0.05, 0.1) is 6.07 Å². The van der Waals surface area contributed by atoms with E-state index in [2.05, 4.69) is 5.32 Å². The number of nitrogens with zero attached hydrogens (tertiary/aromatic N) is 1. The van der Waals surface area contributed by atoms with Gasteiger partial charge in [0.15, 0.2) is 0 Å². The van der Waals surface area contributed by atoms with Crippen LogP contribution in [0, 0.1) is 11.3 Å². The molecule has 1 rings (SSSR count). The van der Waals surface area contributed by atoms with E-state index in [-0.39, 0.29) is 0 Å². The number of anilines is 1. The van der Waals surface area contributed by atoms with Crippen LogP contribution >= 0.6 is 23.2 Å². The number of halogens is 2. The van der Waals surface area contributed by atoms with Crippen LogP contribution in [0.2, 0.25) is 10.0 Å². The Morgan fingerprint density at radius 1 is 1.23 bits per heavy atom. The van der Waals surface area contributed by atoms with Crippen molar-refractivity contribution in [1.82, 2.24) is 0 Å². The first-order valence-corrected chi connectivity index (χ1v) is 4.25. The molecule has 0 unspecified atom stereocenters. The summed E-state index contributed by atoms with van der Waals surface area (Å²) < 4.78 is 0. The van der Waals surface area contributed by atoms with Crippen molar-refractivity contribution in [2.24, 2.45) is 0 Å². The lowest BCUT2D eigenvalue weighted by molar-refractivity contribution is 1.52. The molecule has 0 aliphatic heterocycles. The van der Waals surface area contributed by atoms with Crippen molar-refractivity contribution < 1.29 is 0 Å². The van der Waals surface area contributed by atoms with Crippen LogP contribution in [0.5, 0.6) is 0 Å². The first-order valence-electron chi connectivity index (χ1n) is 3.49. The molecule has 0 fully saturated rings. The largest absolute Gasteiger partial charge is 0.361 e. The summed E-state index contributed by atoms with van der Waals surface area (Å²) in [5.74, 6) is 0. The summed E-state index contributed by atoms with van der Waals surface area (Å²) in [6, 6.07) is 6.93. The fraction of sp³-hybridized carbons (Fsp3) is 0. The molecule has 0 heterocycles. The lowest BCUT2D eigenvalue weighted by Gasteiger charge is -2.01. The van der Waals surface area contributed by atoms with Crippen LogP contribution in [-0.4, -0.2) is 0 Å². The van der Waals surface area contributed by atoms with Gasteiger partial charge in [-0.1, -0.05) is 23.2 Å². The van der Waals surface area contributed by atoms with Crippen molar-refractivity contribution in [1.29, 1.82) is 5.26 Å². The van der Waals surface area contributed by atoms with E-state index in [1.807, 2.05) is 6.07 Å². The standard InChI is InChI=1S/C9H6Cl2N2/c10-7-4-8(11)6-9(5-7)13-3-1-2-12/h1,3-6,13H. The zero-order valence-corrected chi connectivity index (χ0v) is 8.10.